The molecule has 0 aliphatic rings. The van der Waals surface area contributed by atoms with Crippen LogP contribution in [0.3, 0.4) is 0 Å². The Morgan fingerprint density at radius 1 is 1.67 bits per heavy atom. The van der Waals surface area contributed by atoms with Crippen LogP contribution < -0.4 is 0 Å². The second-order valence-electron chi connectivity index (χ2n) is 1.44. The number of nitrogens with zero attached hydrogens (tertiary/aromatic N) is 2. The fourth-order valence-corrected chi connectivity index (χ4v) is 0.609. The molecule has 0 fully saturated rings. The summed E-state index contributed by atoms with van der Waals surface area (Å²) in [5, 5.41) is 3.64. The normalized spacial score (nSPS) is 9.00. The Kier molecular flexibility index (Phi) is 1.75. The van der Waals surface area contributed by atoms with Crippen LogP contribution in [0, 0.1) is 5.53 Å². The summed E-state index contributed by atoms with van der Waals surface area (Å²) < 4.78 is 0. The fraction of sp³-hybridized carbons (Fsp3) is 0. The summed E-state index contributed by atoms with van der Waals surface area (Å²) in [5.74, 6) is 0.336. The first-order valence-corrected chi connectivity index (χ1v) is 2.70. The van der Waals surface area contributed by atoms with Crippen molar-refractivity contribution in [2.45, 2.75) is 0 Å². The van der Waals surface area contributed by atoms with Crippen molar-refractivity contribution >= 4 is 17.4 Å². The molecule has 0 saturated carbocycles. The lowest BCUT2D eigenvalue weighted by Gasteiger charge is -1.87. The van der Waals surface area contributed by atoms with E-state index in [4.69, 9.17) is 17.1 Å². The molecule has 1 rings (SSSR count). The second kappa shape index (κ2) is 2.55. The summed E-state index contributed by atoms with van der Waals surface area (Å²) in [6, 6.07) is 3.16. The predicted molar refractivity (Wildman–Crippen MR) is 34.1 cm³/mol. The highest BCUT2D eigenvalue weighted by atomic mass is 35.5. The van der Waals surface area contributed by atoms with Crippen molar-refractivity contribution in [1.29, 1.82) is 5.53 Å². The lowest BCUT2D eigenvalue weighted by Crippen LogP contribution is -1.69. The van der Waals surface area contributed by atoms with Crippen molar-refractivity contribution in [3.63, 3.8) is 0 Å². The van der Waals surface area contributed by atoms with Gasteiger partial charge in [0.15, 0.2) is 5.82 Å². The maximum absolute atomic E-state index is 6.54. The molecule has 0 aliphatic carbocycles. The smallest absolute Gasteiger partial charge is 0.175 e. The summed E-state index contributed by atoms with van der Waals surface area (Å²) in [5.41, 5.74) is 6.54. The summed E-state index contributed by atoms with van der Waals surface area (Å²) in [6.45, 7) is 0. The highest BCUT2D eigenvalue weighted by Gasteiger charge is 1.88. The third-order valence-corrected chi connectivity index (χ3v) is 1.06. The van der Waals surface area contributed by atoms with Crippen LogP contribution in [0.1, 0.15) is 0 Å². The Hall–Kier alpha value is -0.960. The summed E-state index contributed by atoms with van der Waals surface area (Å²) >= 11 is 5.54. The molecule has 0 spiro atoms. The second-order valence-corrected chi connectivity index (χ2v) is 1.88. The van der Waals surface area contributed by atoms with Gasteiger partial charge < -0.3 is 0 Å². The van der Waals surface area contributed by atoms with E-state index in [9.17, 15) is 0 Å². The molecule has 0 bridgehead atoms. The molecular weight excluding hydrogens is 138 g/mol. The van der Waals surface area contributed by atoms with E-state index < -0.39 is 0 Å². The van der Waals surface area contributed by atoms with E-state index in [0.717, 1.165) is 0 Å². The van der Waals surface area contributed by atoms with Crippen LogP contribution in [0.15, 0.2) is 23.4 Å². The summed E-state index contributed by atoms with van der Waals surface area (Å²) in [4.78, 5) is 3.72. The zero-order chi connectivity index (χ0) is 6.69. The molecule has 0 atom stereocenters. The van der Waals surface area contributed by atoms with Gasteiger partial charge in [0.2, 0.25) is 0 Å². The van der Waals surface area contributed by atoms with Gasteiger partial charge in [-0.05, 0) is 6.07 Å². The molecule has 1 aromatic rings. The lowest BCUT2D eigenvalue weighted by atomic mass is 10.5. The van der Waals surface area contributed by atoms with E-state index >= 15 is 0 Å². The van der Waals surface area contributed by atoms with Crippen LogP contribution in [-0.4, -0.2) is 4.98 Å². The Morgan fingerprint density at radius 2 is 2.44 bits per heavy atom. The monoisotopic (exact) mass is 141 g/mol. The standard InChI is InChI=1S/C5H4ClN3/c6-4-1-2-8-5(3-4)9-7/h1-3,7H. The number of pyridine rings is 1. The minimum atomic E-state index is 0.336. The highest BCUT2D eigenvalue weighted by Crippen LogP contribution is 2.13. The number of nitrogens with one attached hydrogen (secondary N) is 1. The van der Waals surface area contributed by atoms with Crippen LogP contribution in [0.4, 0.5) is 5.82 Å². The molecule has 1 heterocycles. The lowest BCUT2D eigenvalue weighted by molar-refractivity contribution is 1.09. The number of rotatable bonds is 1. The molecule has 1 aromatic heterocycles. The molecule has 1 N–H and O–H groups in total. The van der Waals surface area contributed by atoms with Gasteiger partial charge in [0.1, 0.15) is 0 Å². The first-order chi connectivity index (χ1) is 4.33. The van der Waals surface area contributed by atoms with Gasteiger partial charge in [-0.3, -0.25) is 0 Å². The largest absolute Gasteiger partial charge is 0.236 e. The number of halogens is 1. The average Bonchev–Trinajstić information content (AvgIpc) is 1.88. The van der Waals surface area contributed by atoms with Gasteiger partial charge in [-0.2, -0.15) is 0 Å². The van der Waals surface area contributed by atoms with E-state index in [0.29, 0.717) is 10.8 Å². The van der Waals surface area contributed by atoms with Gasteiger partial charge in [0, 0.05) is 17.3 Å². The minimum absolute atomic E-state index is 0.336. The molecule has 46 valence electrons. The van der Waals surface area contributed by atoms with Crippen molar-refractivity contribution in [2.75, 3.05) is 0 Å². The zero-order valence-corrected chi connectivity index (χ0v) is 5.26. The predicted octanol–water partition coefficient (Wildman–Crippen LogP) is 2.40. The Balaban J connectivity index is 3.07. The van der Waals surface area contributed by atoms with Crippen LogP contribution in [-0.2, 0) is 0 Å². The van der Waals surface area contributed by atoms with E-state index in [-0.39, 0.29) is 0 Å². The van der Waals surface area contributed by atoms with Gasteiger partial charge in [-0.15, -0.1) is 5.11 Å². The molecule has 0 aliphatic heterocycles. The van der Waals surface area contributed by atoms with Gasteiger partial charge in [-0.1, -0.05) is 11.6 Å². The fourth-order valence-electron chi connectivity index (χ4n) is 0.455. The highest BCUT2D eigenvalue weighted by molar-refractivity contribution is 6.30. The first kappa shape index (κ1) is 6.16. The van der Waals surface area contributed by atoms with E-state index in [1.807, 2.05) is 0 Å². The third-order valence-electron chi connectivity index (χ3n) is 0.822. The molecule has 0 aromatic carbocycles. The summed E-state index contributed by atoms with van der Waals surface area (Å²) in [6.07, 6.45) is 1.51. The molecule has 9 heavy (non-hydrogen) atoms. The number of hydrogen-bond donors (Lipinski definition) is 1. The van der Waals surface area contributed by atoms with Crippen LogP contribution in [0.5, 0.6) is 0 Å². The molecule has 4 heteroatoms. The number of aromatic nitrogens is 1. The molecule has 0 saturated heterocycles. The van der Waals surface area contributed by atoms with Crippen molar-refractivity contribution in [3.8, 4) is 0 Å². The number of hydrogen-bond acceptors (Lipinski definition) is 3. The third kappa shape index (κ3) is 1.47. The van der Waals surface area contributed by atoms with E-state index in [2.05, 4.69) is 10.1 Å². The Bertz CT molecular complexity index is 223. The molecule has 0 amide bonds. The van der Waals surface area contributed by atoms with Crippen molar-refractivity contribution in [2.24, 2.45) is 5.11 Å². The van der Waals surface area contributed by atoms with Crippen molar-refractivity contribution < 1.29 is 0 Å². The SMILES string of the molecule is N=Nc1cc(Cl)ccn1. The van der Waals surface area contributed by atoms with Crippen molar-refractivity contribution in [3.05, 3.63) is 23.4 Å². The van der Waals surface area contributed by atoms with Gasteiger partial charge >= 0.3 is 0 Å². The van der Waals surface area contributed by atoms with Crippen LogP contribution in [0.25, 0.3) is 0 Å². The maximum atomic E-state index is 6.54. The average molecular weight is 142 g/mol. The first-order valence-electron chi connectivity index (χ1n) is 2.32. The quantitative estimate of drug-likeness (QED) is 0.600. The van der Waals surface area contributed by atoms with Gasteiger partial charge in [-0.25, -0.2) is 10.5 Å². The van der Waals surface area contributed by atoms with Crippen molar-refractivity contribution in [1.82, 2.24) is 4.98 Å². The maximum Gasteiger partial charge on any atom is 0.175 e. The summed E-state index contributed by atoms with van der Waals surface area (Å²) in [7, 11) is 0. The Labute approximate surface area is 57.2 Å². The molecule has 0 radical (unpaired) electrons. The van der Waals surface area contributed by atoms with Crippen LogP contribution >= 0.6 is 11.6 Å². The molecule has 0 unspecified atom stereocenters. The van der Waals surface area contributed by atoms with Crippen LogP contribution in [0.2, 0.25) is 5.02 Å². The van der Waals surface area contributed by atoms with Gasteiger partial charge in [0.05, 0.1) is 0 Å². The zero-order valence-electron chi connectivity index (χ0n) is 4.50. The Morgan fingerprint density at radius 3 is 2.89 bits per heavy atom. The van der Waals surface area contributed by atoms with E-state index in [1.165, 1.54) is 12.3 Å². The van der Waals surface area contributed by atoms with Gasteiger partial charge in [0.25, 0.3) is 0 Å². The van der Waals surface area contributed by atoms with E-state index in [1.54, 1.807) is 6.07 Å². The minimum Gasteiger partial charge on any atom is -0.236 e. The molecular formula is C5H4ClN3. The topological polar surface area (TPSA) is 49.1 Å². The molecule has 3 nitrogen and oxygen atoms in total.